The molecule has 3 fully saturated rings. The molecular weight excluding hydrogens is 476 g/mol. The van der Waals surface area contributed by atoms with Crippen LogP contribution in [0, 0.1) is 11.8 Å². The molecule has 5 atom stereocenters. The Balaban J connectivity index is 1.75. The second-order valence-electron chi connectivity index (χ2n) is 9.60. The molecule has 7 nitrogen and oxygen atoms in total. The minimum Gasteiger partial charge on any atom is -0.481 e. The standard InChI is InChI=1S/C25H31ClN2O5S/c1-3-13-27(17-9-7-16(26)8-10-17)22(31)20-25-12-11-24(2,34-25)19(23(32)33)18(25)21(30)28(20)14-5-4-6-15-29/h3,7-10,18-20,29H,1,4-6,11-15H2,2H3,(H,32,33)/t18-,19-,20?,24+,25?/m0/s1. The molecule has 34 heavy (non-hydrogen) atoms. The van der Waals surface area contributed by atoms with Crippen molar-refractivity contribution in [3.63, 3.8) is 0 Å². The molecule has 2 amide bonds. The molecule has 0 radical (unpaired) electrons. The van der Waals surface area contributed by atoms with E-state index in [1.807, 2.05) is 6.92 Å². The summed E-state index contributed by atoms with van der Waals surface area (Å²) in [6, 6.07) is 6.20. The van der Waals surface area contributed by atoms with Crippen molar-refractivity contribution in [2.75, 3.05) is 24.6 Å². The number of aliphatic carboxylic acids is 1. The number of aliphatic hydroxyl groups excluding tert-OH is 1. The highest BCUT2D eigenvalue weighted by molar-refractivity contribution is 8.02. The number of fused-ring (bicyclic) bond motifs is 1. The number of benzene rings is 1. The smallest absolute Gasteiger partial charge is 0.308 e. The Morgan fingerprint density at radius 2 is 1.97 bits per heavy atom. The van der Waals surface area contributed by atoms with Gasteiger partial charge in [-0.3, -0.25) is 14.4 Å². The van der Waals surface area contributed by atoms with Crippen molar-refractivity contribution >= 4 is 46.8 Å². The highest BCUT2D eigenvalue weighted by atomic mass is 35.5. The summed E-state index contributed by atoms with van der Waals surface area (Å²) in [4.78, 5) is 43.5. The number of aliphatic hydroxyl groups is 1. The highest BCUT2D eigenvalue weighted by Crippen LogP contribution is 2.71. The number of hydrogen-bond donors (Lipinski definition) is 2. The Hall–Kier alpha value is -2.03. The monoisotopic (exact) mass is 506 g/mol. The minimum absolute atomic E-state index is 0.0713. The van der Waals surface area contributed by atoms with Crippen LogP contribution in [0.3, 0.4) is 0 Å². The number of likely N-dealkylation sites (tertiary alicyclic amines) is 1. The lowest BCUT2D eigenvalue weighted by Gasteiger charge is -2.37. The number of carboxylic acids is 1. The molecule has 2 N–H and O–H groups in total. The van der Waals surface area contributed by atoms with E-state index >= 15 is 0 Å². The van der Waals surface area contributed by atoms with E-state index in [0.29, 0.717) is 42.9 Å². The van der Waals surface area contributed by atoms with Crippen molar-refractivity contribution in [1.82, 2.24) is 4.90 Å². The summed E-state index contributed by atoms with van der Waals surface area (Å²) in [6.07, 6.45) is 4.90. The van der Waals surface area contributed by atoms with Crippen molar-refractivity contribution in [3.8, 4) is 0 Å². The first-order chi connectivity index (χ1) is 16.2. The number of carbonyl (C=O) groups is 3. The molecule has 0 saturated carbocycles. The van der Waals surface area contributed by atoms with Crippen LogP contribution in [0.25, 0.3) is 0 Å². The average Bonchev–Trinajstić information content (AvgIpc) is 3.36. The maximum Gasteiger partial charge on any atom is 0.308 e. The zero-order valence-corrected chi connectivity index (χ0v) is 20.9. The third kappa shape index (κ3) is 3.93. The first kappa shape index (κ1) is 25.1. The van der Waals surface area contributed by atoms with Gasteiger partial charge in [0.2, 0.25) is 5.91 Å². The molecule has 1 spiro atoms. The predicted molar refractivity (Wildman–Crippen MR) is 133 cm³/mol. The molecule has 4 rings (SSSR count). The van der Waals surface area contributed by atoms with E-state index in [4.69, 9.17) is 16.7 Å². The fourth-order valence-electron chi connectivity index (χ4n) is 6.11. The van der Waals surface area contributed by atoms with Crippen molar-refractivity contribution in [1.29, 1.82) is 0 Å². The van der Waals surface area contributed by atoms with E-state index in [-0.39, 0.29) is 25.0 Å². The van der Waals surface area contributed by atoms with Gasteiger partial charge in [-0.25, -0.2) is 0 Å². The van der Waals surface area contributed by atoms with Crippen LogP contribution in [0.5, 0.6) is 0 Å². The maximum absolute atomic E-state index is 14.2. The van der Waals surface area contributed by atoms with Gasteiger partial charge in [0, 0.05) is 35.2 Å². The predicted octanol–water partition coefficient (Wildman–Crippen LogP) is 3.59. The van der Waals surface area contributed by atoms with Crippen LogP contribution >= 0.6 is 23.4 Å². The lowest BCUT2D eigenvalue weighted by atomic mass is 9.66. The van der Waals surface area contributed by atoms with Crippen molar-refractivity contribution in [2.45, 2.75) is 54.6 Å². The molecule has 184 valence electrons. The van der Waals surface area contributed by atoms with Crippen LogP contribution < -0.4 is 4.90 Å². The Kier molecular flexibility index (Phi) is 7.04. The number of thioether (sulfide) groups is 1. The van der Waals surface area contributed by atoms with E-state index in [2.05, 4.69) is 6.58 Å². The number of halogens is 1. The number of carbonyl (C=O) groups excluding carboxylic acids is 2. The van der Waals surface area contributed by atoms with Gasteiger partial charge in [0.15, 0.2) is 0 Å². The SMILES string of the molecule is C=CCN(C(=O)C1N(CCCCCO)C(=O)[C@@H]2[C@@H](C(=O)O)[C@@]3(C)CCC12S3)c1ccc(Cl)cc1. The second-order valence-corrected chi connectivity index (χ2v) is 11.9. The van der Waals surface area contributed by atoms with E-state index < -0.39 is 33.3 Å². The molecule has 0 aliphatic carbocycles. The molecule has 3 heterocycles. The quantitative estimate of drug-likeness (QED) is 0.372. The van der Waals surface area contributed by atoms with Crippen molar-refractivity contribution in [2.24, 2.45) is 11.8 Å². The minimum atomic E-state index is -0.969. The largest absolute Gasteiger partial charge is 0.481 e. The first-order valence-corrected chi connectivity index (χ1v) is 12.9. The van der Waals surface area contributed by atoms with Crippen LogP contribution in [0.15, 0.2) is 36.9 Å². The van der Waals surface area contributed by atoms with E-state index in [1.54, 1.807) is 40.1 Å². The van der Waals surface area contributed by atoms with Gasteiger partial charge in [-0.1, -0.05) is 17.7 Å². The second kappa shape index (κ2) is 9.55. The normalized spacial score (nSPS) is 31.6. The average molecular weight is 507 g/mol. The van der Waals surface area contributed by atoms with Crippen molar-refractivity contribution < 1.29 is 24.6 Å². The summed E-state index contributed by atoms with van der Waals surface area (Å²) in [7, 11) is 0. The third-order valence-corrected chi connectivity index (χ3v) is 9.79. The van der Waals surface area contributed by atoms with Crippen LogP contribution in [-0.4, -0.2) is 68.1 Å². The topological polar surface area (TPSA) is 98.2 Å². The Morgan fingerprint density at radius 1 is 1.26 bits per heavy atom. The number of amides is 2. The molecule has 3 aliphatic heterocycles. The van der Waals surface area contributed by atoms with E-state index in [9.17, 15) is 19.5 Å². The zero-order valence-electron chi connectivity index (χ0n) is 19.3. The number of rotatable bonds is 10. The zero-order chi connectivity index (χ0) is 24.7. The number of carboxylic acid groups (broad SMARTS) is 1. The molecule has 1 aromatic carbocycles. The van der Waals surface area contributed by atoms with Crippen LogP contribution in [0.2, 0.25) is 5.02 Å². The summed E-state index contributed by atoms with van der Waals surface area (Å²) >= 11 is 7.59. The Morgan fingerprint density at radius 3 is 2.59 bits per heavy atom. The van der Waals surface area contributed by atoms with Gasteiger partial charge in [0.25, 0.3) is 5.91 Å². The van der Waals surface area contributed by atoms with Crippen molar-refractivity contribution in [3.05, 3.63) is 41.9 Å². The molecule has 9 heteroatoms. The molecule has 3 aliphatic rings. The van der Waals surface area contributed by atoms with Gasteiger partial charge in [-0.2, -0.15) is 0 Å². The van der Waals surface area contributed by atoms with Crippen LogP contribution in [0.4, 0.5) is 5.69 Å². The fraction of sp³-hybridized carbons (Fsp3) is 0.560. The number of hydrogen-bond acceptors (Lipinski definition) is 5. The summed E-state index contributed by atoms with van der Waals surface area (Å²) < 4.78 is -1.34. The Labute approximate surface area is 209 Å². The summed E-state index contributed by atoms with van der Waals surface area (Å²) in [5.74, 6) is -2.97. The Bertz CT molecular complexity index is 988. The maximum atomic E-state index is 14.2. The van der Waals surface area contributed by atoms with Gasteiger partial charge in [0.05, 0.1) is 16.6 Å². The van der Waals surface area contributed by atoms with Gasteiger partial charge >= 0.3 is 5.97 Å². The molecule has 2 bridgehead atoms. The number of nitrogens with zero attached hydrogens (tertiary/aromatic N) is 2. The number of unbranched alkanes of at least 4 members (excludes halogenated alkanes) is 2. The summed E-state index contributed by atoms with van der Waals surface area (Å²) in [5.41, 5.74) is 0.653. The van der Waals surface area contributed by atoms with Crippen LogP contribution in [0.1, 0.15) is 39.0 Å². The molecule has 0 aromatic heterocycles. The summed E-state index contributed by atoms with van der Waals surface area (Å²) in [5, 5.41) is 19.8. The van der Waals surface area contributed by atoms with Gasteiger partial charge in [-0.15, -0.1) is 18.3 Å². The lowest BCUT2D eigenvalue weighted by Crippen LogP contribution is -2.55. The van der Waals surface area contributed by atoms with Crippen LogP contribution in [-0.2, 0) is 14.4 Å². The molecular formula is C25H31ClN2O5S. The third-order valence-electron chi connectivity index (χ3n) is 7.55. The van der Waals surface area contributed by atoms with E-state index in [1.165, 1.54) is 11.8 Å². The molecule has 3 saturated heterocycles. The van der Waals surface area contributed by atoms with E-state index in [0.717, 1.165) is 6.42 Å². The summed E-state index contributed by atoms with van der Waals surface area (Å²) in [6.45, 7) is 6.42. The first-order valence-electron chi connectivity index (χ1n) is 11.7. The lowest BCUT2D eigenvalue weighted by molar-refractivity contribution is -0.150. The van der Waals surface area contributed by atoms with Gasteiger partial charge in [-0.05, 0) is 63.3 Å². The molecule has 1 aromatic rings. The van der Waals surface area contributed by atoms with Gasteiger partial charge in [0.1, 0.15) is 6.04 Å². The molecule has 2 unspecified atom stereocenters. The van der Waals surface area contributed by atoms with Gasteiger partial charge < -0.3 is 20.0 Å². The number of anilines is 1. The highest BCUT2D eigenvalue weighted by Gasteiger charge is 2.77. The fourth-order valence-corrected chi connectivity index (χ4v) is 8.58.